The van der Waals surface area contributed by atoms with E-state index in [0.29, 0.717) is 31.2 Å². The van der Waals surface area contributed by atoms with Crippen molar-refractivity contribution in [3.05, 3.63) is 70.7 Å². The Morgan fingerprint density at radius 3 is 2.29 bits per heavy atom. The summed E-state index contributed by atoms with van der Waals surface area (Å²) in [7, 11) is 0. The van der Waals surface area contributed by atoms with Gasteiger partial charge in [0.25, 0.3) is 0 Å². The molecule has 6 heteroatoms. The van der Waals surface area contributed by atoms with Crippen molar-refractivity contribution in [2.75, 3.05) is 19.8 Å². The average Bonchev–Trinajstić information content (AvgIpc) is 2.77. The second-order valence-corrected chi connectivity index (χ2v) is 9.06. The van der Waals surface area contributed by atoms with Gasteiger partial charge in [-0.05, 0) is 42.0 Å². The molecular weight excluding hydrogens is 412 g/mol. The van der Waals surface area contributed by atoms with Crippen molar-refractivity contribution in [2.24, 2.45) is 5.92 Å². The lowest BCUT2D eigenvalue weighted by Crippen LogP contribution is -2.48. The minimum absolute atomic E-state index is 0.127. The molecule has 166 valence electrons. The summed E-state index contributed by atoms with van der Waals surface area (Å²) in [6, 6.07) is 16.5. The fraction of sp³-hybridized carbons (Fsp3) is 0.440. The molecule has 31 heavy (non-hydrogen) atoms. The zero-order valence-corrected chi connectivity index (χ0v) is 19.0. The summed E-state index contributed by atoms with van der Waals surface area (Å²) in [6.45, 7) is 5.73. The Balaban J connectivity index is 1.77. The van der Waals surface area contributed by atoms with E-state index in [-0.39, 0.29) is 23.1 Å². The van der Waals surface area contributed by atoms with E-state index in [1.54, 1.807) is 0 Å². The van der Waals surface area contributed by atoms with Crippen molar-refractivity contribution in [1.82, 2.24) is 10.6 Å². The summed E-state index contributed by atoms with van der Waals surface area (Å²) in [5, 5.41) is 6.73. The molecule has 0 spiro atoms. The van der Waals surface area contributed by atoms with Crippen LogP contribution in [0.25, 0.3) is 0 Å². The topological polar surface area (TPSA) is 67.4 Å². The molecule has 2 aromatic rings. The van der Waals surface area contributed by atoms with Gasteiger partial charge < -0.3 is 15.4 Å². The summed E-state index contributed by atoms with van der Waals surface area (Å²) in [6.07, 6.45) is 2.00. The number of carbonyl (C=O) groups excluding carboxylic acids is 2. The number of rotatable bonds is 8. The highest BCUT2D eigenvalue weighted by Crippen LogP contribution is 2.35. The molecule has 0 saturated carbocycles. The van der Waals surface area contributed by atoms with E-state index < -0.39 is 6.04 Å². The SMILES string of the molecule is CC(C)CC(=O)NC(C(=O)NCC1(c2ccc(Cl)cc2)CCOCC1)c1ccccc1. The fourth-order valence-corrected chi connectivity index (χ4v) is 4.15. The first-order chi connectivity index (χ1) is 14.9. The van der Waals surface area contributed by atoms with Crippen LogP contribution in [-0.2, 0) is 19.7 Å². The zero-order chi connectivity index (χ0) is 22.3. The van der Waals surface area contributed by atoms with Crippen LogP contribution < -0.4 is 10.6 Å². The molecule has 3 rings (SSSR count). The molecule has 0 aromatic heterocycles. The predicted octanol–water partition coefficient (Wildman–Crippen LogP) is 4.41. The second-order valence-electron chi connectivity index (χ2n) is 8.63. The van der Waals surface area contributed by atoms with Crippen LogP contribution in [0, 0.1) is 5.92 Å². The first-order valence-electron chi connectivity index (χ1n) is 10.9. The maximum absolute atomic E-state index is 13.3. The molecular formula is C25H31ClN2O3. The minimum atomic E-state index is -0.727. The molecule has 0 aliphatic carbocycles. The number of carbonyl (C=O) groups is 2. The summed E-state index contributed by atoms with van der Waals surface area (Å²) in [5.41, 5.74) is 1.69. The Labute approximate surface area is 189 Å². The second kappa shape index (κ2) is 10.8. The first-order valence-corrected chi connectivity index (χ1v) is 11.2. The molecule has 0 bridgehead atoms. The highest BCUT2D eigenvalue weighted by atomic mass is 35.5. The largest absolute Gasteiger partial charge is 0.381 e. The molecule has 0 radical (unpaired) electrons. The van der Waals surface area contributed by atoms with Crippen LogP contribution in [0.1, 0.15) is 50.3 Å². The van der Waals surface area contributed by atoms with Crippen LogP contribution >= 0.6 is 11.6 Å². The van der Waals surface area contributed by atoms with Gasteiger partial charge in [0, 0.05) is 36.6 Å². The molecule has 1 fully saturated rings. The third-order valence-corrected chi connectivity index (χ3v) is 6.05. The predicted molar refractivity (Wildman–Crippen MR) is 123 cm³/mol. The summed E-state index contributed by atoms with van der Waals surface area (Å²) >= 11 is 6.08. The highest BCUT2D eigenvalue weighted by Gasteiger charge is 2.36. The van der Waals surface area contributed by atoms with Gasteiger partial charge in [0.2, 0.25) is 11.8 Å². The van der Waals surface area contributed by atoms with E-state index in [9.17, 15) is 9.59 Å². The van der Waals surface area contributed by atoms with Gasteiger partial charge in [-0.2, -0.15) is 0 Å². The Kier molecular flexibility index (Phi) is 8.10. The first kappa shape index (κ1) is 23.3. The summed E-state index contributed by atoms with van der Waals surface area (Å²) < 4.78 is 5.59. The maximum Gasteiger partial charge on any atom is 0.247 e. The third-order valence-electron chi connectivity index (χ3n) is 5.80. The Morgan fingerprint density at radius 1 is 1.03 bits per heavy atom. The Hall–Kier alpha value is -2.37. The van der Waals surface area contributed by atoms with Crippen molar-refractivity contribution < 1.29 is 14.3 Å². The van der Waals surface area contributed by atoms with Crippen molar-refractivity contribution in [3.8, 4) is 0 Å². The van der Waals surface area contributed by atoms with Gasteiger partial charge in [0.05, 0.1) is 0 Å². The summed E-state index contributed by atoms with van der Waals surface area (Å²) in [4.78, 5) is 25.7. The van der Waals surface area contributed by atoms with Gasteiger partial charge in [-0.25, -0.2) is 0 Å². The molecule has 5 nitrogen and oxygen atoms in total. The monoisotopic (exact) mass is 442 g/mol. The van der Waals surface area contributed by atoms with Gasteiger partial charge >= 0.3 is 0 Å². The van der Waals surface area contributed by atoms with Gasteiger partial charge in [-0.1, -0.05) is 67.9 Å². The zero-order valence-electron chi connectivity index (χ0n) is 18.2. The van der Waals surface area contributed by atoms with Crippen molar-refractivity contribution in [3.63, 3.8) is 0 Å². The Morgan fingerprint density at radius 2 is 1.68 bits per heavy atom. The van der Waals surface area contributed by atoms with Gasteiger partial charge in [0.15, 0.2) is 0 Å². The lowest BCUT2D eigenvalue weighted by molar-refractivity contribution is -0.129. The third kappa shape index (κ3) is 6.31. The lowest BCUT2D eigenvalue weighted by atomic mass is 9.74. The number of hydrogen-bond donors (Lipinski definition) is 2. The number of ether oxygens (including phenoxy) is 1. The molecule has 1 aliphatic heterocycles. The fourth-order valence-electron chi connectivity index (χ4n) is 4.03. The lowest BCUT2D eigenvalue weighted by Gasteiger charge is -2.38. The van der Waals surface area contributed by atoms with E-state index in [2.05, 4.69) is 10.6 Å². The van der Waals surface area contributed by atoms with Crippen LogP contribution in [0.15, 0.2) is 54.6 Å². The van der Waals surface area contributed by atoms with Crippen LogP contribution in [-0.4, -0.2) is 31.6 Å². The van der Waals surface area contributed by atoms with Crippen molar-refractivity contribution in [2.45, 2.75) is 44.6 Å². The normalized spacial score (nSPS) is 16.5. The highest BCUT2D eigenvalue weighted by molar-refractivity contribution is 6.30. The van der Waals surface area contributed by atoms with E-state index in [1.165, 1.54) is 0 Å². The molecule has 1 unspecified atom stereocenters. The molecule has 1 heterocycles. The maximum atomic E-state index is 13.3. The standard InChI is InChI=1S/C25H31ClN2O3/c1-18(2)16-22(29)28-23(19-6-4-3-5-7-19)24(30)27-17-25(12-14-31-15-13-25)20-8-10-21(26)11-9-20/h3-11,18,23H,12-17H2,1-2H3,(H,27,30)(H,28,29). The minimum Gasteiger partial charge on any atom is -0.381 e. The van der Waals surface area contributed by atoms with Gasteiger partial charge in [0.1, 0.15) is 6.04 Å². The van der Waals surface area contributed by atoms with Gasteiger partial charge in [-0.15, -0.1) is 0 Å². The average molecular weight is 443 g/mol. The van der Waals surface area contributed by atoms with E-state index in [4.69, 9.17) is 16.3 Å². The Bertz CT molecular complexity index is 862. The number of nitrogens with one attached hydrogen (secondary N) is 2. The molecule has 2 aromatic carbocycles. The van der Waals surface area contributed by atoms with E-state index in [0.717, 1.165) is 24.0 Å². The van der Waals surface area contributed by atoms with Crippen molar-refractivity contribution >= 4 is 23.4 Å². The van der Waals surface area contributed by atoms with Crippen LogP contribution in [0.5, 0.6) is 0 Å². The van der Waals surface area contributed by atoms with Gasteiger partial charge in [-0.3, -0.25) is 9.59 Å². The summed E-state index contributed by atoms with van der Waals surface area (Å²) in [5.74, 6) is -0.115. The molecule has 2 N–H and O–H groups in total. The van der Waals surface area contributed by atoms with Crippen LogP contribution in [0.2, 0.25) is 5.02 Å². The number of halogens is 1. The van der Waals surface area contributed by atoms with E-state index in [1.807, 2.05) is 68.4 Å². The molecule has 1 saturated heterocycles. The number of hydrogen-bond acceptors (Lipinski definition) is 3. The van der Waals surface area contributed by atoms with E-state index >= 15 is 0 Å². The quantitative estimate of drug-likeness (QED) is 0.636. The van der Waals surface area contributed by atoms with Crippen molar-refractivity contribution in [1.29, 1.82) is 0 Å². The molecule has 2 amide bonds. The van der Waals surface area contributed by atoms with Crippen LogP contribution in [0.4, 0.5) is 0 Å². The smallest absolute Gasteiger partial charge is 0.247 e. The number of amides is 2. The molecule has 1 aliphatic rings. The van der Waals surface area contributed by atoms with Crippen LogP contribution in [0.3, 0.4) is 0 Å². The molecule has 1 atom stereocenters. The number of benzene rings is 2.